The van der Waals surface area contributed by atoms with E-state index in [0.29, 0.717) is 10.0 Å². The van der Waals surface area contributed by atoms with Crippen LogP contribution in [0.5, 0.6) is 0 Å². The summed E-state index contributed by atoms with van der Waals surface area (Å²) in [5.74, 6) is 0. The molecule has 0 amide bonds. The lowest BCUT2D eigenvalue weighted by Gasteiger charge is -2.09. The predicted molar refractivity (Wildman–Crippen MR) is 89.0 cm³/mol. The van der Waals surface area contributed by atoms with E-state index in [0.717, 1.165) is 16.2 Å². The predicted octanol–water partition coefficient (Wildman–Crippen LogP) is 6.45. The van der Waals surface area contributed by atoms with Crippen LogP contribution in [0.25, 0.3) is 32.3 Å². The highest BCUT2D eigenvalue weighted by Crippen LogP contribution is 2.37. The van der Waals surface area contributed by atoms with Crippen LogP contribution in [0.3, 0.4) is 0 Å². The van der Waals surface area contributed by atoms with E-state index in [2.05, 4.69) is 42.5 Å². The van der Waals surface area contributed by atoms with Gasteiger partial charge in [-0.25, -0.2) is 0 Å². The third-order valence-electron chi connectivity index (χ3n) is 3.76. The minimum absolute atomic E-state index is 0.597. The van der Waals surface area contributed by atoms with Crippen molar-refractivity contribution < 1.29 is 0 Å². The highest BCUT2D eigenvalue weighted by Gasteiger charge is 2.08. The van der Waals surface area contributed by atoms with E-state index >= 15 is 0 Å². The smallest absolute Gasteiger partial charge is 0.0676 e. The molecule has 0 spiro atoms. The molecule has 0 nitrogen and oxygen atoms in total. The van der Waals surface area contributed by atoms with Crippen LogP contribution in [0.15, 0.2) is 60.7 Å². The molecule has 96 valence electrons. The van der Waals surface area contributed by atoms with Gasteiger partial charge in [0.05, 0.1) is 10.0 Å². The first-order chi connectivity index (χ1) is 9.74. The van der Waals surface area contributed by atoms with E-state index in [1.165, 1.54) is 16.2 Å². The summed E-state index contributed by atoms with van der Waals surface area (Å²) in [5.41, 5.74) is 0. The average Bonchev–Trinajstić information content (AvgIpc) is 2.48. The monoisotopic (exact) mass is 296 g/mol. The van der Waals surface area contributed by atoms with Gasteiger partial charge in [-0.2, -0.15) is 0 Å². The molecular formula is C18H10Cl2. The van der Waals surface area contributed by atoms with E-state index in [1.807, 2.05) is 18.2 Å². The van der Waals surface area contributed by atoms with Crippen LogP contribution in [0, 0.1) is 0 Å². The van der Waals surface area contributed by atoms with Crippen molar-refractivity contribution >= 4 is 55.5 Å². The summed E-state index contributed by atoms with van der Waals surface area (Å²) < 4.78 is 0. The Labute approximate surface area is 126 Å². The van der Waals surface area contributed by atoms with Crippen molar-refractivity contribution in [1.82, 2.24) is 0 Å². The molecule has 4 rings (SSSR count). The molecule has 4 aromatic rings. The maximum atomic E-state index is 6.42. The Hall–Kier alpha value is -1.76. The number of rotatable bonds is 0. The quantitative estimate of drug-likeness (QED) is 0.258. The van der Waals surface area contributed by atoms with Crippen molar-refractivity contribution in [2.24, 2.45) is 0 Å². The van der Waals surface area contributed by atoms with Gasteiger partial charge in [0.1, 0.15) is 0 Å². The molecule has 20 heavy (non-hydrogen) atoms. The zero-order valence-corrected chi connectivity index (χ0v) is 12.0. The number of hydrogen-bond acceptors (Lipinski definition) is 0. The number of benzene rings is 4. The molecule has 0 N–H and O–H groups in total. The van der Waals surface area contributed by atoms with Gasteiger partial charge in [-0.05, 0) is 45.1 Å². The summed E-state index contributed by atoms with van der Waals surface area (Å²) in [6, 6.07) is 20.8. The zero-order valence-electron chi connectivity index (χ0n) is 10.5. The summed E-state index contributed by atoms with van der Waals surface area (Å²) in [7, 11) is 0. The van der Waals surface area contributed by atoms with Gasteiger partial charge in [-0.3, -0.25) is 0 Å². The van der Waals surface area contributed by atoms with Crippen LogP contribution in [0.4, 0.5) is 0 Å². The van der Waals surface area contributed by atoms with Crippen LogP contribution in [0.2, 0.25) is 10.0 Å². The lowest BCUT2D eigenvalue weighted by molar-refractivity contribution is 1.77. The van der Waals surface area contributed by atoms with Gasteiger partial charge >= 0.3 is 0 Å². The fourth-order valence-electron chi connectivity index (χ4n) is 2.77. The summed E-state index contributed by atoms with van der Waals surface area (Å²) in [5, 5.41) is 8.14. The Morgan fingerprint density at radius 3 is 2.05 bits per heavy atom. The topological polar surface area (TPSA) is 0 Å². The first kappa shape index (κ1) is 12.0. The Morgan fingerprint density at radius 1 is 0.600 bits per heavy atom. The van der Waals surface area contributed by atoms with Crippen LogP contribution in [-0.4, -0.2) is 0 Å². The van der Waals surface area contributed by atoms with E-state index in [4.69, 9.17) is 23.2 Å². The van der Waals surface area contributed by atoms with Gasteiger partial charge in [-0.15, -0.1) is 0 Å². The van der Waals surface area contributed by atoms with Gasteiger partial charge in [0.25, 0.3) is 0 Å². The highest BCUT2D eigenvalue weighted by molar-refractivity contribution is 6.46. The van der Waals surface area contributed by atoms with E-state index in [9.17, 15) is 0 Å². The number of hydrogen-bond donors (Lipinski definition) is 0. The van der Waals surface area contributed by atoms with Crippen LogP contribution in [-0.2, 0) is 0 Å². The van der Waals surface area contributed by atoms with Crippen LogP contribution < -0.4 is 0 Å². The normalized spacial score (nSPS) is 11.5. The summed E-state index contributed by atoms with van der Waals surface area (Å²) in [4.78, 5) is 0. The largest absolute Gasteiger partial charge is 0.0827 e. The fraction of sp³-hybridized carbons (Fsp3) is 0. The maximum absolute atomic E-state index is 6.42. The van der Waals surface area contributed by atoms with Gasteiger partial charge in [0.15, 0.2) is 0 Å². The van der Waals surface area contributed by atoms with Gasteiger partial charge in [-0.1, -0.05) is 65.7 Å². The van der Waals surface area contributed by atoms with Crippen molar-refractivity contribution in [3.63, 3.8) is 0 Å². The third-order valence-corrected chi connectivity index (χ3v) is 4.56. The maximum Gasteiger partial charge on any atom is 0.0676 e. The molecule has 4 aromatic carbocycles. The Kier molecular flexibility index (Phi) is 2.63. The number of fused-ring (bicyclic) bond motifs is 4. The molecule has 0 radical (unpaired) electrons. The SMILES string of the molecule is Clc1ccc2ccc3cc4ccccc4cc3c2c1Cl. The van der Waals surface area contributed by atoms with Gasteiger partial charge in [0, 0.05) is 5.39 Å². The molecule has 0 aliphatic carbocycles. The average molecular weight is 297 g/mol. The van der Waals surface area contributed by atoms with Crippen molar-refractivity contribution in [3.05, 3.63) is 70.7 Å². The second-order valence-electron chi connectivity index (χ2n) is 4.95. The first-order valence-electron chi connectivity index (χ1n) is 6.43. The molecule has 0 saturated carbocycles. The first-order valence-corrected chi connectivity index (χ1v) is 7.19. The molecule has 0 fully saturated rings. The van der Waals surface area contributed by atoms with Crippen LogP contribution in [0.1, 0.15) is 0 Å². The second kappa shape index (κ2) is 4.37. The number of halogens is 2. The molecule has 0 bridgehead atoms. The summed E-state index contributed by atoms with van der Waals surface area (Å²) >= 11 is 12.6. The molecule has 0 aliphatic heterocycles. The molecule has 0 aromatic heterocycles. The Morgan fingerprint density at radius 2 is 1.25 bits per heavy atom. The molecule has 0 unspecified atom stereocenters. The Balaban J connectivity index is 2.28. The van der Waals surface area contributed by atoms with E-state index in [-0.39, 0.29) is 0 Å². The molecule has 2 heteroatoms. The summed E-state index contributed by atoms with van der Waals surface area (Å²) in [6.07, 6.45) is 0. The second-order valence-corrected chi connectivity index (χ2v) is 5.73. The van der Waals surface area contributed by atoms with Crippen molar-refractivity contribution in [1.29, 1.82) is 0 Å². The lowest BCUT2D eigenvalue weighted by atomic mass is 9.98. The molecule has 0 saturated heterocycles. The standard InChI is InChI=1S/C18H10Cl2/c19-16-8-7-11-5-6-14-9-12-3-1-2-4-13(12)10-15(14)17(11)18(16)20/h1-10H. The molecule has 0 heterocycles. The van der Waals surface area contributed by atoms with Crippen molar-refractivity contribution in [2.45, 2.75) is 0 Å². The zero-order chi connectivity index (χ0) is 13.7. The molecule has 0 aliphatic rings. The molecule has 0 atom stereocenters. The van der Waals surface area contributed by atoms with E-state index in [1.54, 1.807) is 0 Å². The minimum atomic E-state index is 0.597. The van der Waals surface area contributed by atoms with Crippen molar-refractivity contribution in [2.75, 3.05) is 0 Å². The Bertz CT molecular complexity index is 971. The van der Waals surface area contributed by atoms with Gasteiger partial charge in [0.2, 0.25) is 0 Å². The highest BCUT2D eigenvalue weighted by atomic mass is 35.5. The van der Waals surface area contributed by atoms with Gasteiger partial charge < -0.3 is 0 Å². The minimum Gasteiger partial charge on any atom is -0.0827 e. The van der Waals surface area contributed by atoms with E-state index < -0.39 is 0 Å². The van der Waals surface area contributed by atoms with Crippen LogP contribution >= 0.6 is 23.2 Å². The lowest BCUT2D eigenvalue weighted by Crippen LogP contribution is -1.81. The fourth-order valence-corrected chi connectivity index (χ4v) is 3.20. The summed E-state index contributed by atoms with van der Waals surface area (Å²) in [6.45, 7) is 0. The third kappa shape index (κ3) is 1.69. The van der Waals surface area contributed by atoms with Crippen molar-refractivity contribution in [3.8, 4) is 0 Å². The molecular weight excluding hydrogens is 287 g/mol.